The highest BCUT2D eigenvalue weighted by Crippen LogP contribution is 2.64. The number of aliphatic hydroxyl groups excluding tert-OH is 1. The van der Waals surface area contributed by atoms with E-state index in [0.29, 0.717) is 38.0 Å². The van der Waals surface area contributed by atoms with Crippen LogP contribution in [0.4, 0.5) is 5.69 Å². The Morgan fingerprint density at radius 3 is 2.33 bits per heavy atom. The van der Waals surface area contributed by atoms with Crippen LogP contribution in [0.15, 0.2) is 98.1 Å². The van der Waals surface area contributed by atoms with Gasteiger partial charge in [0.05, 0.1) is 30.1 Å². The van der Waals surface area contributed by atoms with Crippen LogP contribution in [0.2, 0.25) is 0 Å². The van der Waals surface area contributed by atoms with Gasteiger partial charge in [-0.15, -0.1) is 13.2 Å². The second-order valence-corrected chi connectivity index (χ2v) is 14.2. The first kappa shape index (κ1) is 33.6. The third kappa shape index (κ3) is 5.65. The lowest BCUT2D eigenvalue weighted by molar-refractivity contribution is -0.152. The van der Waals surface area contributed by atoms with E-state index in [1.54, 1.807) is 26.9 Å². The van der Waals surface area contributed by atoms with Crippen LogP contribution in [-0.2, 0) is 25.7 Å². The monoisotopic (exact) mass is 649 g/mol. The molecule has 6 atom stereocenters. The van der Waals surface area contributed by atoms with Crippen molar-refractivity contribution in [1.29, 1.82) is 0 Å². The maximum Gasteiger partial charge on any atom is 0.253 e. The van der Waals surface area contributed by atoms with E-state index in [1.807, 2.05) is 93.6 Å². The summed E-state index contributed by atoms with van der Waals surface area (Å²) in [5, 5.41) is 12.8. The van der Waals surface area contributed by atoms with Crippen molar-refractivity contribution in [3.8, 4) is 0 Å². The number of aliphatic hydroxyl groups is 1. The molecule has 0 radical (unpaired) electrons. The Bertz CT molecular complexity index is 1710. The fourth-order valence-electron chi connectivity index (χ4n) is 8.57. The number of nitrogens with zero attached hydrogens (tertiary/aromatic N) is 3. The predicted molar refractivity (Wildman–Crippen MR) is 188 cm³/mol. The van der Waals surface area contributed by atoms with Gasteiger partial charge in [-0.05, 0) is 60.6 Å². The van der Waals surface area contributed by atoms with Gasteiger partial charge in [0, 0.05) is 25.3 Å². The molecule has 3 aliphatic heterocycles. The number of likely N-dealkylation sites (tertiary alicyclic amines) is 1. The Kier molecular flexibility index (Phi) is 9.33. The lowest BCUT2D eigenvalue weighted by atomic mass is 9.66. The van der Waals surface area contributed by atoms with E-state index in [-0.39, 0.29) is 36.8 Å². The van der Waals surface area contributed by atoms with Crippen molar-refractivity contribution in [2.75, 3.05) is 24.6 Å². The van der Waals surface area contributed by atoms with Gasteiger partial charge < -0.3 is 24.5 Å². The molecular formula is C40H47N3O5. The first-order valence-electron chi connectivity index (χ1n) is 17.1. The summed E-state index contributed by atoms with van der Waals surface area (Å²) < 4.78 is 6.96. The van der Waals surface area contributed by atoms with Crippen molar-refractivity contribution < 1.29 is 24.2 Å². The van der Waals surface area contributed by atoms with E-state index >= 15 is 4.79 Å². The lowest BCUT2D eigenvalue weighted by Crippen LogP contribution is -2.59. The molecule has 3 aliphatic rings. The highest BCUT2D eigenvalue weighted by Gasteiger charge is 2.79. The van der Waals surface area contributed by atoms with Crippen molar-refractivity contribution in [1.82, 2.24) is 9.80 Å². The van der Waals surface area contributed by atoms with Gasteiger partial charge in [-0.25, -0.2) is 0 Å². The summed E-state index contributed by atoms with van der Waals surface area (Å²) in [6, 6.07) is 21.9. The molecule has 8 heteroatoms. The lowest BCUT2D eigenvalue weighted by Gasteiger charge is -2.40. The highest BCUT2D eigenvalue weighted by atomic mass is 16.5. The number of hydrogen-bond donors (Lipinski definition) is 1. The van der Waals surface area contributed by atoms with Crippen molar-refractivity contribution in [3.63, 3.8) is 0 Å². The van der Waals surface area contributed by atoms with Crippen LogP contribution in [0.1, 0.15) is 45.6 Å². The third-order valence-corrected chi connectivity index (χ3v) is 10.6. The Balaban J connectivity index is 1.44. The Morgan fingerprint density at radius 1 is 0.979 bits per heavy atom. The topological polar surface area (TPSA) is 90.4 Å². The van der Waals surface area contributed by atoms with Crippen LogP contribution in [-0.4, -0.2) is 75.6 Å². The number of hydrogen-bond acceptors (Lipinski definition) is 5. The average molecular weight is 650 g/mol. The average Bonchev–Trinajstić information content (AvgIpc) is 3.66. The molecule has 3 heterocycles. The molecule has 48 heavy (non-hydrogen) atoms. The van der Waals surface area contributed by atoms with E-state index < -0.39 is 35.1 Å². The van der Waals surface area contributed by atoms with Gasteiger partial charge in [0.15, 0.2) is 0 Å². The smallest absolute Gasteiger partial charge is 0.253 e. The minimum atomic E-state index is -1.23. The fourth-order valence-corrected chi connectivity index (χ4v) is 8.57. The highest BCUT2D eigenvalue weighted by molar-refractivity contribution is 6.06. The number of carbonyl (C=O) groups is 3. The molecule has 3 amide bonds. The minimum absolute atomic E-state index is 0.148. The molecule has 6 rings (SSSR count). The second kappa shape index (κ2) is 13.3. The zero-order chi connectivity index (χ0) is 34.2. The molecule has 0 aliphatic carbocycles. The number of anilines is 1. The Labute approximate surface area is 283 Å². The SMILES string of the molecule is C=CCN(Cc1ccccc1)C(=O)[C@H]1[C@H]2C(=O)N([C@@H](CO)CC(C)C)C(C(=O)N(CC=C)c3ccc4ccccc4c3)C23CC[C@]1(C)O3. The van der Waals surface area contributed by atoms with Crippen LogP contribution in [0.3, 0.4) is 0 Å². The summed E-state index contributed by atoms with van der Waals surface area (Å²) in [5.41, 5.74) is -0.508. The van der Waals surface area contributed by atoms with Gasteiger partial charge in [-0.1, -0.05) is 86.7 Å². The van der Waals surface area contributed by atoms with Crippen molar-refractivity contribution in [3.05, 3.63) is 104 Å². The van der Waals surface area contributed by atoms with Gasteiger partial charge in [0.2, 0.25) is 11.8 Å². The van der Waals surface area contributed by atoms with Crippen LogP contribution in [0.5, 0.6) is 0 Å². The molecule has 1 spiro atoms. The molecule has 2 bridgehead atoms. The molecule has 3 aromatic rings. The number of ether oxygens (including phenoxy) is 1. The summed E-state index contributed by atoms with van der Waals surface area (Å²) >= 11 is 0. The molecule has 3 aromatic carbocycles. The van der Waals surface area contributed by atoms with Gasteiger partial charge in [0.1, 0.15) is 11.6 Å². The maximum absolute atomic E-state index is 15.1. The molecule has 2 unspecified atom stereocenters. The molecule has 3 fully saturated rings. The van der Waals surface area contributed by atoms with Crippen LogP contribution in [0, 0.1) is 17.8 Å². The quantitative estimate of drug-likeness (QED) is 0.239. The first-order valence-corrected chi connectivity index (χ1v) is 17.1. The largest absolute Gasteiger partial charge is 0.394 e. The maximum atomic E-state index is 15.1. The van der Waals surface area contributed by atoms with Gasteiger partial charge in [-0.2, -0.15) is 0 Å². The molecule has 3 saturated heterocycles. The third-order valence-electron chi connectivity index (χ3n) is 10.6. The number of rotatable bonds is 13. The zero-order valence-corrected chi connectivity index (χ0v) is 28.3. The molecule has 1 N–H and O–H groups in total. The van der Waals surface area contributed by atoms with Crippen molar-refractivity contribution >= 4 is 34.2 Å². The molecular weight excluding hydrogens is 602 g/mol. The molecule has 0 saturated carbocycles. The van der Waals surface area contributed by atoms with E-state index in [9.17, 15) is 14.7 Å². The van der Waals surface area contributed by atoms with E-state index in [0.717, 1.165) is 16.3 Å². The standard InChI is InChI=1S/C40H47N3O5/c1-6-21-41(25-28-13-9-8-10-14-28)36(45)33-34-37(46)43(32(26-44)23-27(3)4)35(40(34)20-19-39(33,5)48-40)38(47)42(22-7-2)31-18-17-29-15-11-12-16-30(29)24-31/h6-18,24,27,32-35,44H,1-2,19-23,25-26H2,3-5H3/t32-,33-,34+,35?,39+,40?/m1/s1. The summed E-state index contributed by atoms with van der Waals surface area (Å²) in [5.74, 6) is -2.30. The van der Waals surface area contributed by atoms with E-state index in [1.165, 1.54) is 0 Å². The van der Waals surface area contributed by atoms with Crippen molar-refractivity contribution in [2.24, 2.45) is 17.8 Å². The summed E-state index contributed by atoms with van der Waals surface area (Å²) in [7, 11) is 0. The minimum Gasteiger partial charge on any atom is -0.394 e. The Hall–Kier alpha value is -4.27. The first-order chi connectivity index (χ1) is 23.1. The van der Waals surface area contributed by atoms with Gasteiger partial charge >= 0.3 is 0 Å². The number of amides is 3. The van der Waals surface area contributed by atoms with Crippen LogP contribution in [0.25, 0.3) is 10.8 Å². The predicted octanol–water partition coefficient (Wildman–Crippen LogP) is 5.75. The Morgan fingerprint density at radius 2 is 1.67 bits per heavy atom. The number of fused-ring (bicyclic) bond motifs is 2. The number of carbonyl (C=O) groups excluding carboxylic acids is 3. The zero-order valence-electron chi connectivity index (χ0n) is 28.3. The summed E-state index contributed by atoms with van der Waals surface area (Å²) in [6.45, 7) is 14.4. The molecule has 0 aromatic heterocycles. The molecule has 8 nitrogen and oxygen atoms in total. The normalized spacial score (nSPS) is 26.5. The second-order valence-electron chi connectivity index (χ2n) is 14.2. The van der Waals surface area contributed by atoms with E-state index in [2.05, 4.69) is 13.2 Å². The summed E-state index contributed by atoms with van der Waals surface area (Å²) in [4.78, 5) is 49.7. The number of benzene rings is 3. The van der Waals surface area contributed by atoms with Crippen LogP contribution < -0.4 is 4.90 Å². The van der Waals surface area contributed by atoms with Gasteiger partial charge in [0.25, 0.3) is 5.91 Å². The summed E-state index contributed by atoms with van der Waals surface area (Å²) in [6.07, 6.45) is 4.86. The van der Waals surface area contributed by atoms with Crippen LogP contribution >= 0.6 is 0 Å². The molecule has 252 valence electrons. The van der Waals surface area contributed by atoms with Gasteiger partial charge in [-0.3, -0.25) is 14.4 Å². The fraction of sp³-hybridized carbons (Fsp3) is 0.425. The van der Waals surface area contributed by atoms with Crippen molar-refractivity contribution in [2.45, 2.75) is 69.9 Å². The van der Waals surface area contributed by atoms with E-state index in [4.69, 9.17) is 4.74 Å².